The third kappa shape index (κ3) is 3.73. The first-order chi connectivity index (χ1) is 13.1. The van der Waals surface area contributed by atoms with Crippen LogP contribution in [0.25, 0.3) is 11.0 Å². The lowest BCUT2D eigenvalue weighted by Gasteiger charge is -2.12. The lowest BCUT2D eigenvalue weighted by Crippen LogP contribution is -2.13. The maximum atomic E-state index is 13.2. The van der Waals surface area contributed by atoms with E-state index in [1.165, 1.54) is 11.8 Å². The molecule has 2 aromatic carbocycles. The highest BCUT2D eigenvalue weighted by molar-refractivity contribution is 7.98. The molecule has 0 aliphatic carbocycles. The van der Waals surface area contributed by atoms with Gasteiger partial charge in [-0.3, -0.25) is 9.36 Å². The van der Waals surface area contributed by atoms with E-state index in [1.807, 2.05) is 32.2 Å². The van der Waals surface area contributed by atoms with Crippen molar-refractivity contribution in [1.82, 2.24) is 9.55 Å². The maximum Gasteiger partial charge on any atom is 0.264 e. The molecule has 0 radical (unpaired) electrons. The monoisotopic (exact) mass is 386 g/mol. The highest BCUT2D eigenvalue weighted by atomic mass is 32.2. The van der Waals surface area contributed by atoms with Crippen LogP contribution in [0, 0.1) is 0 Å². The van der Waals surface area contributed by atoms with E-state index in [-0.39, 0.29) is 5.91 Å². The Morgan fingerprint density at radius 1 is 1.07 bits per heavy atom. The lowest BCUT2D eigenvalue weighted by molar-refractivity contribution is 0.0955. The van der Waals surface area contributed by atoms with Crippen molar-refractivity contribution in [2.45, 2.75) is 19.0 Å². The number of hydrogen-bond donors (Lipinski definition) is 0. The molecule has 0 aliphatic heterocycles. The summed E-state index contributed by atoms with van der Waals surface area (Å²) in [6, 6.07) is 10.7. The lowest BCUT2D eigenvalue weighted by atomic mass is 10.2. The zero-order chi connectivity index (χ0) is 19.4. The van der Waals surface area contributed by atoms with Gasteiger partial charge in [0.25, 0.3) is 5.91 Å². The summed E-state index contributed by atoms with van der Waals surface area (Å²) in [6.45, 7) is 4.85. The SMILES string of the molecule is CCOc1cc2nc(SC)n(C(=O)c3ccc(OC)cc3)c2cc1OCC. The molecule has 0 saturated heterocycles. The zero-order valence-corrected chi connectivity index (χ0v) is 16.6. The van der Waals surface area contributed by atoms with Crippen LogP contribution in [-0.4, -0.2) is 42.0 Å². The summed E-state index contributed by atoms with van der Waals surface area (Å²) < 4.78 is 18.2. The molecule has 1 aromatic heterocycles. The van der Waals surface area contributed by atoms with E-state index in [1.54, 1.807) is 35.9 Å². The molecule has 7 heteroatoms. The highest BCUT2D eigenvalue weighted by Gasteiger charge is 2.20. The smallest absolute Gasteiger partial charge is 0.264 e. The minimum atomic E-state index is -0.156. The molecular weight excluding hydrogens is 364 g/mol. The van der Waals surface area contributed by atoms with Gasteiger partial charge in [-0.2, -0.15) is 0 Å². The van der Waals surface area contributed by atoms with Crippen molar-refractivity contribution < 1.29 is 19.0 Å². The van der Waals surface area contributed by atoms with Crippen molar-refractivity contribution in [1.29, 1.82) is 0 Å². The van der Waals surface area contributed by atoms with Crippen LogP contribution >= 0.6 is 11.8 Å². The zero-order valence-electron chi connectivity index (χ0n) is 15.8. The number of carbonyl (C=O) groups is 1. The van der Waals surface area contributed by atoms with Crippen LogP contribution < -0.4 is 14.2 Å². The molecule has 0 saturated carbocycles. The molecule has 3 aromatic rings. The van der Waals surface area contributed by atoms with Gasteiger partial charge in [0.15, 0.2) is 16.7 Å². The Labute approximate surface area is 162 Å². The van der Waals surface area contributed by atoms with Crippen LogP contribution in [0.15, 0.2) is 41.6 Å². The average molecular weight is 386 g/mol. The van der Waals surface area contributed by atoms with Gasteiger partial charge in [-0.05, 0) is 44.4 Å². The van der Waals surface area contributed by atoms with E-state index in [0.717, 1.165) is 0 Å². The number of methoxy groups -OCH3 is 1. The highest BCUT2D eigenvalue weighted by Crippen LogP contribution is 2.35. The number of imidazole rings is 1. The molecule has 0 unspecified atom stereocenters. The van der Waals surface area contributed by atoms with Gasteiger partial charge < -0.3 is 14.2 Å². The van der Waals surface area contributed by atoms with Crippen LogP contribution in [-0.2, 0) is 0 Å². The summed E-state index contributed by atoms with van der Waals surface area (Å²) in [5.74, 6) is 1.77. The molecule has 0 bridgehead atoms. The van der Waals surface area contributed by atoms with Crippen molar-refractivity contribution in [3.63, 3.8) is 0 Å². The van der Waals surface area contributed by atoms with Gasteiger partial charge in [0.1, 0.15) is 5.75 Å². The minimum Gasteiger partial charge on any atom is -0.497 e. The summed E-state index contributed by atoms with van der Waals surface area (Å²) in [7, 11) is 1.59. The number of hydrogen-bond acceptors (Lipinski definition) is 6. The van der Waals surface area contributed by atoms with E-state index in [0.29, 0.717) is 52.2 Å². The molecule has 0 amide bonds. The second-order valence-corrected chi connectivity index (χ2v) is 6.39. The van der Waals surface area contributed by atoms with Gasteiger partial charge in [0.2, 0.25) is 0 Å². The molecule has 0 atom stereocenters. The Kier molecular flexibility index (Phi) is 5.91. The molecule has 0 spiro atoms. The Hall–Kier alpha value is -2.67. The Balaban J connectivity index is 2.14. The topological polar surface area (TPSA) is 62.6 Å². The fourth-order valence-electron chi connectivity index (χ4n) is 2.80. The van der Waals surface area contributed by atoms with Crippen LogP contribution in [0.4, 0.5) is 0 Å². The van der Waals surface area contributed by atoms with E-state index in [4.69, 9.17) is 14.2 Å². The Morgan fingerprint density at radius 2 is 1.70 bits per heavy atom. The third-order valence-corrected chi connectivity index (χ3v) is 4.65. The van der Waals surface area contributed by atoms with Gasteiger partial charge in [-0.15, -0.1) is 0 Å². The number of benzene rings is 2. The largest absolute Gasteiger partial charge is 0.497 e. The van der Waals surface area contributed by atoms with Crippen molar-refractivity contribution in [3.05, 3.63) is 42.0 Å². The van der Waals surface area contributed by atoms with Crippen molar-refractivity contribution >= 4 is 28.7 Å². The molecule has 6 nitrogen and oxygen atoms in total. The van der Waals surface area contributed by atoms with Gasteiger partial charge in [0.05, 0.1) is 31.4 Å². The summed E-state index contributed by atoms with van der Waals surface area (Å²) in [5.41, 5.74) is 1.93. The second-order valence-electron chi connectivity index (χ2n) is 5.62. The predicted octanol–water partition coefficient (Wildman–Crippen LogP) is 4.25. The molecular formula is C20H22N2O4S. The number of carbonyl (C=O) groups excluding carboxylic acids is 1. The summed E-state index contributed by atoms with van der Waals surface area (Å²) in [4.78, 5) is 17.8. The van der Waals surface area contributed by atoms with E-state index >= 15 is 0 Å². The standard InChI is InChI=1S/C20H22N2O4S/c1-5-25-17-11-15-16(12-18(17)26-6-2)22(20(21-15)27-4)19(23)13-7-9-14(24-3)10-8-13/h7-12H,5-6H2,1-4H3. The van der Waals surface area contributed by atoms with E-state index in [2.05, 4.69) is 4.98 Å². The van der Waals surface area contributed by atoms with Crippen molar-refractivity contribution in [3.8, 4) is 17.2 Å². The second kappa shape index (κ2) is 8.35. The van der Waals surface area contributed by atoms with Gasteiger partial charge >= 0.3 is 0 Å². The maximum absolute atomic E-state index is 13.2. The quantitative estimate of drug-likeness (QED) is 0.566. The molecule has 3 rings (SSSR count). The fraction of sp³-hybridized carbons (Fsp3) is 0.300. The fourth-order valence-corrected chi connectivity index (χ4v) is 3.35. The van der Waals surface area contributed by atoms with Crippen molar-refractivity contribution in [2.75, 3.05) is 26.6 Å². The van der Waals surface area contributed by atoms with Gasteiger partial charge in [-0.1, -0.05) is 11.8 Å². The Bertz CT molecular complexity index is 951. The first-order valence-corrected chi connectivity index (χ1v) is 9.90. The number of rotatable bonds is 7. The number of thioether (sulfide) groups is 1. The minimum absolute atomic E-state index is 0.156. The summed E-state index contributed by atoms with van der Waals surface area (Å²) >= 11 is 1.41. The summed E-state index contributed by atoms with van der Waals surface area (Å²) in [5, 5.41) is 0.613. The van der Waals surface area contributed by atoms with Gasteiger partial charge in [0, 0.05) is 17.7 Å². The molecule has 142 valence electrons. The van der Waals surface area contributed by atoms with Crippen LogP contribution in [0.2, 0.25) is 0 Å². The number of ether oxygens (including phenoxy) is 3. The molecule has 0 aliphatic rings. The van der Waals surface area contributed by atoms with E-state index < -0.39 is 0 Å². The van der Waals surface area contributed by atoms with Gasteiger partial charge in [-0.25, -0.2) is 4.98 Å². The third-order valence-electron chi connectivity index (χ3n) is 4.01. The average Bonchev–Trinajstić information content (AvgIpc) is 3.05. The van der Waals surface area contributed by atoms with Crippen LogP contribution in [0.1, 0.15) is 24.2 Å². The molecule has 1 heterocycles. The number of aromatic nitrogens is 2. The number of nitrogens with zero attached hydrogens (tertiary/aromatic N) is 2. The first-order valence-electron chi connectivity index (χ1n) is 8.67. The van der Waals surface area contributed by atoms with Crippen LogP contribution in [0.3, 0.4) is 0 Å². The summed E-state index contributed by atoms with van der Waals surface area (Å²) in [6.07, 6.45) is 1.89. The predicted molar refractivity (Wildman–Crippen MR) is 107 cm³/mol. The van der Waals surface area contributed by atoms with Crippen LogP contribution in [0.5, 0.6) is 17.2 Å². The number of fused-ring (bicyclic) bond motifs is 1. The van der Waals surface area contributed by atoms with Crippen molar-refractivity contribution in [2.24, 2.45) is 0 Å². The normalized spacial score (nSPS) is 10.8. The molecule has 0 N–H and O–H groups in total. The molecule has 27 heavy (non-hydrogen) atoms. The Morgan fingerprint density at radius 3 is 2.26 bits per heavy atom. The molecule has 0 fully saturated rings. The first kappa shape index (κ1) is 19.1. The van der Waals surface area contributed by atoms with E-state index in [9.17, 15) is 4.79 Å².